The van der Waals surface area contributed by atoms with Gasteiger partial charge < -0.3 is 10.6 Å². The van der Waals surface area contributed by atoms with E-state index in [-0.39, 0.29) is 29.2 Å². The maximum atomic E-state index is 13.6. The second-order valence-corrected chi connectivity index (χ2v) is 9.37. The van der Waals surface area contributed by atoms with Crippen LogP contribution in [0.3, 0.4) is 0 Å². The largest absolute Gasteiger partial charge is 0.344 e. The fourth-order valence-corrected chi connectivity index (χ4v) is 4.39. The molecule has 186 valence electrons. The Labute approximate surface area is 211 Å². The van der Waals surface area contributed by atoms with Gasteiger partial charge in [-0.05, 0) is 61.7 Å². The first-order valence-corrected chi connectivity index (χ1v) is 12.1. The second-order valence-electron chi connectivity index (χ2n) is 9.37. The van der Waals surface area contributed by atoms with Crippen LogP contribution >= 0.6 is 0 Å². The number of carbonyl (C=O) groups is 2. The van der Waals surface area contributed by atoms with Crippen molar-refractivity contribution in [3.05, 3.63) is 77.9 Å². The van der Waals surface area contributed by atoms with Crippen LogP contribution in [0.1, 0.15) is 41.9 Å². The van der Waals surface area contributed by atoms with Gasteiger partial charge in [0.1, 0.15) is 5.82 Å². The van der Waals surface area contributed by atoms with E-state index >= 15 is 0 Å². The Bertz CT molecular complexity index is 1690. The summed E-state index contributed by atoms with van der Waals surface area (Å²) in [4.78, 5) is 29.7. The maximum Gasteiger partial charge on any atom is 0.272 e. The topological polar surface area (TPSA) is 106 Å². The Morgan fingerprint density at radius 1 is 1.08 bits per heavy atom. The number of fused-ring (bicyclic) bond motifs is 2. The van der Waals surface area contributed by atoms with Crippen LogP contribution in [-0.4, -0.2) is 36.2 Å². The van der Waals surface area contributed by atoms with Crippen LogP contribution in [0.25, 0.3) is 27.8 Å². The highest BCUT2D eigenvalue weighted by molar-refractivity contribution is 6.06. The van der Waals surface area contributed by atoms with E-state index in [2.05, 4.69) is 25.8 Å². The monoisotopic (exact) mass is 497 g/mol. The van der Waals surface area contributed by atoms with Gasteiger partial charge in [-0.3, -0.25) is 14.3 Å². The molecule has 0 spiro atoms. The Morgan fingerprint density at radius 2 is 1.92 bits per heavy atom. The molecule has 37 heavy (non-hydrogen) atoms. The van der Waals surface area contributed by atoms with Gasteiger partial charge in [-0.1, -0.05) is 18.2 Å². The molecule has 2 aromatic carbocycles. The van der Waals surface area contributed by atoms with Crippen LogP contribution in [-0.2, 0) is 11.8 Å². The zero-order valence-corrected chi connectivity index (χ0v) is 20.3. The summed E-state index contributed by atoms with van der Waals surface area (Å²) in [5.74, 6) is -0.165. The van der Waals surface area contributed by atoms with Crippen molar-refractivity contribution in [2.24, 2.45) is 13.0 Å². The summed E-state index contributed by atoms with van der Waals surface area (Å²) in [6, 6.07) is 15.1. The molecule has 1 saturated carbocycles. The van der Waals surface area contributed by atoms with E-state index in [1.165, 1.54) is 12.1 Å². The third-order valence-electron chi connectivity index (χ3n) is 6.58. The van der Waals surface area contributed by atoms with Crippen LogP contribution < -0.4 is 10.6 Å². The number of hydrogen-bond donors (Lipinski definition) is 2. The zero-order chi connectivity index (χ0) is 25.7. The Kier molecular flexibility index (Phi) is 5.44. The van der Waals surface area contributed by atoms with Gasteiger partial charge in [0.25, 0.3) is 5.91 Å². The summed E-state index contributed by atoms with van der Waals surface area (Å²) in [6.07, 6.45) is 3.53. The van der Waals surface area contributed by atoms with Gasteiger partial charge in [0.15, 0.2) is 17.2 Å². The van der Waals surface area contributed by atoms with Gasteiger partial charge >= 0.3 is 0 Å². The molecule has 10 heteroatoms. The first-order chi connectivity index (χ1) is 17.9. The minimum Gasteiger partial charge on any atom is -0.344 e. The fourth-order valence-electron chi connectivity index (χ4n) is 4.39. The standard InChI is InChI=1S/C27H24FN7O2/c1-15(17-4-3-5-19(28)12-17)29-27(37)25-20-13-18(8-10-22(20)34(2)33-25)21-9-11-24-30-23(14-35(24)32-21)31-26(36)16-6-7-16/h3-5,8-16H,6-7H2,1-2H3,(H,29,37)(H,31,36)/t15-/m0/s1. The summed E-state index contributed by atoms with van der Waals surface area (Å²) in [5, 5.41) is 15.5. The number of imidazole rings is 1. The van der Waals surface area contributed by atoms with Crippen molar-refractivity contribution >= 4 is 34.2 Å². The number of aromatic nitrogens is 5. The summed E-state index contributed by atoms with van der Waals surface area (Å²) in [6.45, 7) is 1.80. The molecule has 0 radical (unpaired) electrons. The maximum absolute atomic E-state index is 13.6. The van der Waals surface area contributed by atoms with Crippen molar-refractivity contribution in [2.45, 2.75) is 25.8 Å². The molecular weight excluding hydrogens is 473 g/mol. The number of amides is 2. The van der Waals surface area contributed by atoms with E-state index in [0.717, 1.165) is 23.9 Å². The van der Waals surface area contributed by atoms with E-state index in [4.69, 9.17) is 0 Å². The third-order valence-corrected chi connectivity index (χ3v) is 6.58. The van der Waals surface area contributed by atoms with Gasteiger partial charge in [0.2, 0.25) is 5.91 Å². The number of hydrogen-bond acceptors (Lipinski definition) is 5. The van der Waals surface area contributed by atoms with Crippen molar-refractivity contribution in [3.8, 4) is 11.3 Å². The fraction of sp³-hybridized carbons (Fsp3) is 0.222. The van der Waals surface area contributed by atoms with Gasteiger partial charge in [-0.25, -0.2) is 13.9 Å². The van der Waals surface area contributed by atoms with Crippen LogP contribution in [0.2, 0.25) is 0 Å². The number of benzene rings is 2. The molecule has 1 fully saturated rings. The van der Waals surface area contributed by atoms with Crippen LogP contribution in [0.5, 0.6) is 0 Å². The molecule has 1 aliphatic carbocycles. The molecule has 3 aromatic heterocycles. The number of anilines is 1. The molecule has 0 bridgehead atoms. The first kappa shape index (κ1) is 22.8. The minimum atomic E-state index is -0.400. The van der Waals surface area contributed by atoms with Gasteiger partial charge in [0.05, 0.1) is 23.4 Å². The highest BCUT2D eigenvalue weighted by atomic mass is 19.1. The Morgan fingerprint density at radius 3 is 2.70 bits per heavy atom. The number of nitrogens with zero attached hydrogens (tertiary/aromatic N) is 5. The molecule has 3 heterocycles. The van der Waals surface area contributed by atoms with E-state index in [9.17, 15) is 14.0 Å². The molecule has 2 N–H and O–H groups in total. The highest BCUT2D eigenvalue weighted by Gasteiger charge is 2.30. The van der Waals surface area contributed by atoms with Crippen LogP contribution in [0, 0.1) is 11.7 Å². The summed E-state index contributed by atoms with van der Waals surface area (Å²) < 4.78 is 16.9. The summed E-state index contributed by atoms with van der Waals surface area (Å²) >= 11 is 0. The highest BCUT2D eigenvalue weighted by Crippen LogP contribution is 2.30. The quantitative estimate of drug-likeness (QED) is 0.365. The normalized spacial score (nSPS) is 14.1. The number of nitrogens with one attached hydrogen (secondary N) is 2. The molecule has 0 unspecified atom stereocenters. The average molecular weight is 498 g/mol. The molecule has 9 nitrogen and oxygen atoms in total. The Hall–Kier alpha value is -4.60. The average Bonchev–Trinajstić information content (AvgIpc) is 3.59. The molecular formula is C27H24FN7O2. The van der Waals surface area contributed by atoms with E-state index in [1.54, 1.807) is 41.5 Å². The summed E-state index contributed by atoms with van der Waals surface area (Å²) in [7, 11) is 1.78. The molecule has 0 aliphatic heterocycles. The molecule has 6 rings (SSSR count). The van der Waals surface area contributed by atoms with Gasteiger partial charge in [0, 0.05) is 23.9 Å². The predicted octanol–water partition coefficient (Wildman–Crippen LogP) is 4.26. The number of carbonyl (C=O) groups excluding carboxylic acids is 2. The zero-order valence-electron chi connectivity index (χ0n) is 20.3. The van der Waals surface area contributed by atoms with E-state index in [1.807, 2.05) is 30.3 Å². The lowest BCUT2D eigenvalue weighted by Gasteiger charge is -2.13. The minimum absolute atomic E-state index is 0.0109. The number of aryl methyl sites for hydroxylation is 1. The van der Waals surface area contributed by atoms with Gasteiger partial charge in [-0.2, -0.15) is 10.2 Å². The molecule has 5 aromatic rings. The predicted molar refractivity (Wildman–Crippen MR) is 136 cm³/mol. The first-order valence-electron chi connectivity index (χ1n) is 12.1. The molecule has 2 amide bonds. The van der Waals surface area contributed by atoms with Crippen molar-refractivity contribution in [1.82, 2.24) is 29.7 Å². The van der Waals surface area contributed by atoms with Gasteiger partial charge in [-0.15, -0.1) is 0 Å². The van der Waals surface area contributed by atoms with Crippen LogP contribution in [0.15, 0.2) is 60.8 Å². The van der Waals surface area contributed by atoms with Crippen molar-refractivity contribution < 1.29 is 14.0 Å². The molecule has 1 aliphatic rings. The lowest BCUT2D eigenvalue weighted by atomic mass is 10.1. The Balaban J connectivity index is 1.29. The number of rotatable bonds is 6. The number of halogens is 1. The lowest BCUT2D eigenvalue weighted by molar-refractivity contribution is -0.117. The molecule has 1 atom stereocenters. The van der Waals surface area contributed by atoms with Crippen molar-refractivity contribution in [2.75, 3.05) is 5.32 Å². The second kappa shape index (κ2) is 8.81. The lowest BCUT2D eigenvalue weighted by Crippen LogP contribution is -2.27. The van der Waals surface area contributed by atoms with E-state index in [0.29, 0.717) is 28.1 Å². The smallest absolute Gasteiger partial charge is 0.272 e. The SMILES string of the molecule is C[C@H](NC(=O)c1nn(C)c2ccc(-c3ccc4nc(NC(=O)C5CC5)cn4n3)cc12)c1cccc(F)c1. The molecule has 0 saturated heterocycles. The summed E-state index contributed by atoms with van der Waals surface area (Å²) in [5.41, 5.74) is 3.82. The van der Waals surface area contributed by atoms with Crippen molar-refractivity contribution in [1.29, 1.82) is 0 Å². The third kappa shape index (κ3) is 4.42. The van der Waals surface area contributed by atoms with Crippen molar-refractivity contribution in [3.63, 3.8) is 0 Å². The van der Waals surface area contributed by atoms with E-state index < -0.39 is 6.04 Å². The van der Waals surface area contributed by atoms with Crippen LogP contribution in [0.4, 0.5) is 10.2 Å².